The highest BCUT2D eigenvalue weighted by Gasteiger charge is 2.41. The largest absolute Gasteiger partial charge is 0.480 e. The van der Waals surface area contributed by atoms with E-state index in [9.17, 15) is 14.4 Å². The Hall–Kier alpha value is -1.85. The van der Waals surface area contributed by atoms with Crippen LogP contribution in [0.3, 0.4) is 0 Å². The maximum atomic E-state index is 13.3. The Balaban J connectivity index is 5.74. The van der Waals surface area contributed by atoms with E-state index >= 15 is 0 Å². The second-order valence-corrected chi connectivity index (χ2v) is 11.5. The molecule has 0 aliphatic carbocycles. The van der Waals surface area contributed by atoms with Gasteiger partial charge in [0.2, 0.25) is 5.91 Å². The van der Waals surface area contributed by atoms with Gasteiger partial charge in [0.25, 0.3) is 0 Å². The molecule has 0 bridgehead atoms. The summed E-state index contributed by atoms with van der Waals surface area (Å²) in [6.07, 6.45) is 7.18. The molecule has 0 aliphatic rings. The number of carbonyl (C=O) groups is 3. The van der Waals surface area contributed by atoms with Crippen molar-refractivity contribution in [3.05, 3.63) is 12.2 Å². The lowest BCUT2D eigenvalue weighted by molar-refractivity contribution is -0.155. The van der Waals surface area contributed by atoms with Gasteiger partial charge in [-0.05, 0) is 35.5 Å². The lowest BCUT2D eigenvalue weighted by atomic mass is 9.69. The third-order valence-corrected chi connectivity index (χ3v) is 5.07. The zero-order chi connectivity index (χ0) is 24.0. The van der Waals surface area contributed by atoms with Gasteiger partial charge in [0.1, 0.15) is 13.1 Å². The van der Waals surface area contributed by atoms with Crippen LogP contribution in [-0.2, 0) is 14.4 Å². The van der Waals surface area contributed by atoms with E-state index in [2.05, 4.69) is 60.6 Å². The summed E-state index contributed by atoms with van der Waals surface area (Å²) in [7, 11) is 0. The van der Waals surface area contributed by atoms with Gasteiger partial charge in [-0.2, -0.15) is 0 Å². The van der Waals surface area contributed by atoms with Crippen LogP contribution >= 0.6 is 0 Å². The summed E-state index contributed by atoms with van der Waals surface area (Å²) in [4.78, 5) is 36.6. The highest BCUT2D eigenvalue weighted by atomic mass is 16.4. The molecule has 0 radical (unpaired) electrons. The molecule has 0 fully saturated rings. The average Bonchev–Trinajstić information content (AvgIpc) is 2.48. The van der Waals surface area contributed by atoms with E-state index in [1.165, 1.54) is 0 Å². The molecule has 1 amide bonds. The second-order valence-electron chi connectivity index (χ2n) is 11.5. The number of hydrogen-bond donors (Lipinski definition) is 2. The van der Waals surface area contributed by atoms with Gasteiger partial charge in [-0.1, -0.05) is 80.9 Å². The fraction of sp³-hybridized carbons (Fsp3) is 0.792. The minimum absolute atomic E-state index is 0.000658. The molecule has 1 unspecified atom stereocenters. The molecule has 0 aromatic heterocycles. The Morgan fingerprint density at radius 1 is 0.767 bits per heavy atom. The molecule has 6 heteroatoms. The minimum Gasteiger partial charge on any atom is -0.480 e. The van der Waals surface area contributed by atoms with Crippen LogP contribution in [0.2, 0.25) is 0 Å². The first kappa shape index (κ1) is 28.1. The fourth-order valence-electron chi connectivity index (χ4n) is 4.67. The van der Waals surface area contributed by atoms with Crippen molar-refractivity contribution < 1.29 is 24.6 Å². The Morgan fingerprint density at radius 2 is 1.17 bits per heavy atom. The predicted molar refractivity (Wildman–Crippen MR) is 120 cm³/mol. The zero-order valence-corrected chi connectivity index (χ0v) is 20.5. The number of nitrogens with zero attached hydrogens (tertiary/aromatic N) is 1. The number of rotatable bonds is 12. The molecular weight excluding hydrogens is 382 g/mol. The molecule has 0 saturated carbocycles. The van der Waals surface area contributed by atoms with E-state index in [0.29, 0.717) is 12.8 Å². The quantitative estimate of drug-likeness (QED) is 0.418. The molecule has 1 atom stereocenters. The molecule has 2 N–H and O–H groups in total. The smallest absolute Gasteiger partial charge is 0.323 e. The Bertz CT molecular complexity index is 626. The monoisotopic (exact) mass is 425 g/mol. The van der Waals surface area contributed by atoms with Crippen LogP contribution in [-0.4, -0.2) is 46.0 Å². The van der Waals surface area contributed by atoms with Crippen molar-refractivity contribution >= 4 is 17.8 Å². The van der Waals surface area contributed by atoms with Crippen molar-refractivity contribution in [1.29, 1.82) is 0 Å². The van der Waals surface area contributed by atoms with Gasteiger partial charge in [0.05, 0.1) is 0 Å². The van der Waals surface area contributed by atoms with Crippen LogP contribution in [0.5, 0.6) is 0 Å². The number of carboxylic acid groups (broad SMARTS) is 2. The highest BCUT2D eigenvalue weighted by molar-refractivity contribution is 5.88. The summed E-state index contributed by atoms with van der Waals surface area (Å²) >= 11 is 0. The molecular formula is C24H43NO5. The van der Waals surface area contributed by atoms with Crippen molar-refractivity contribution in [2.75, 3.05) is 13.1 Å². The van der Waals surface area contributed by atoms with Crippen LogP contribution in [0.4, 0.5) is 0 Å². The first-order valence-corrected chi connectivity index (χ1v) is 10.8. The SMILES string of the molecule is CCCC(C)(CC(C)(C)C=CC(C)(C)CC(C)(C)C)C(=O)N(CC(=O)O)CC(=O)O. The zero-order valence-electron chi connectivity index (χ0n) is 20.5. The van der Waals surface area contributed by atoms with Gasteiger partial charge < -0.3 is 15.1 Å². The topological polar surface area (TPSA) is 94.9 Å². The lowest BCUT2D eigenvalue weighted by Gasteiger charge is -2.38. The fourth-order valence-corrected chi connectivity index (χ4v) is 4.67. The van der Waals surface area contributed by atoms with Gasteiger partial charge in [0.15, 0.2) is 0 Å². The summed E-state index contributed by atoms with van der Waals surface area (Å²) in [5.41, 5.74) is -0.966. The van der Waals surface area contributed by atoms with Gasteiger partial charge in [-0.25, -0.2) is 0 Å². The van der Waals surface area contributed by atoms with Gasteiger partial charge >= 0.3 is 11.9 Å². The van der Waals surface area contributed by atoms with Crippen molar-refractivity contribution in [1.82, 2.24) is 4.90 Å². The number of carbonyl (C=O) groups excluding carboxylic acids is 1. The number of aliphatic carboxylic acids is 2. The van der Waals surface area contributed by atoms with Crippen LogP contribution in [0.1, 0.15) is 88.0 Å². The highest BCUT2D eigenvalue weighted by Crippen LogP contribution is 2.42. The molecule has 0 heterocycles. The van der Waals surface area contributed by atoms with Crippen LogP contribution in [0.25, 0.3) is 0 Å². The first-order valence-electron chi connectivity index (χ1n) is 10.8. The molecule has 30 heavy (non-hydrogen) atoms. The van der Waals surface area contributed by atoms with Crippen molar-refractivity contribution in [2.45, 2.75) is 88.0 Å². The molecule has 0 aliphatic heterocycles. The van der Waals surface area contributed by atoms with E-state index in [1.807, 2.05) is 13.8 Å². The summed E-state index contributed by atoms with van der Waals surface area (Å²) in [5, 5.41) is 18.3. The summed E-state index contributed by atoms with van der Waals surface area (Å²) < 4.78 is 0. The van der Waals surface area contributed by atoms with Gasteiger partial charge in [-0.15, -0.1) is 0 Å². The lowest BCUT2D eigenvalue weighted by Crippen LogP contribution is -2.48. The van der Waals surface area contributed by atoms with E-state index in [1.54, 1.807) is 0 Å². The molecule has 0 spiro atoms. The number of amides is 1. The average molecular weight is 426 g/mol. The van der Waals surface area contributed by atoms with Crippen molar-refractivity contribution in [3.8, 4) is 0 Å². The van der Waals surface area contributed by atoms with E-state index in [4.69, 9.17) is 10.2 Å². The van der Waals surface area contributed by atoms with E-state index in [-0.39, 0.29) is 16.2 Å². The minimum atomic E-state index is -1.22. The van der Waals surface area contributed by atoms with Crippen LogP contribution in [0, 0.1) is 21.7 Å². The third kappa shape index (κ3) is 10.8. The summed E-state index contributed by atoms with van der Waals surface area (Å²) in [6, 6.07) is 0. The third-order valence-electron chi connectivity index (χ3n) is 5.07. The number of allylic oxidation sites excluding steroid dienone is 2. The van der Waals surface area contributed by atoms with Crippen LogP contribution < -0.4 is 0 Å². The molecule has 174 valence electrons. The van der Waals surface area contributed by atoms with Gasteiger partial charge in [-0.3, -0.25) is 14.4 Å². The van der Waals surface area contributed by atoms with E-state index in [0.717, 1.165) is 17.7 Å². The molecule has 0 rings (SSSR count). The maximum Gasteiger partial charge on any atom is 0.323 e. The summed E-state index contributed by atoms with van der Waals surface area (Å²) in [5.74, 6) is -2.84. The molecule has 0 saturated heterocycles. The number of carboxylic acids is 2. The number of hydrogen-bond acceptors (Lipinski definition) is 3. The standard InChI is InChI=1S/C24H43NO5/c1-10-11-24(9,20(30)25(14-18(26)27)15-19(28)29)17-23(7,8)13-12-22(5,6)16-21(2,3)4/h12-13H,10-11,14-17H2,1-9H3,(H,26,27)(H,28,29). The summed E-state index contributed by atoms with van der Waals surface area (Å²) in [6.45, 7) is 17.7. The van der Waals surface area contributed by atoms with E-state index < -0.39 is 36.4 Å². The molecule has 6 nitrogen and oxygen atoms in total. The van der Waals surface area contributed by atoms with Crippen molar-refractivity contribution in [3.63, 3.8) is 0 Å². The second kappa shape index (κ2) is 10.5. The molecule has 0 aromatic rings. The molecule has 0 aromatic carbocycles. The van der Waals surface area contributed by atoms with Crippen molar-refractivity contribution in [2.24, 2.45) is 21.7 Å². The van der Waals surface area contributed by atoms with Gasteiger partial charge in [0, 0.05) is 5.41 Å². The Labute approximate surface area is 182 Å². The predicted octanol–water partition coefficient (Wildman–Crippen LogP) is 5.23. The Morgan fingerprint density at radius 3 is 1.50 bits per heavy atom. The van der Waals surface area contributed by atoms with Crippen LogP contribution in [0.15, 0.2) is 12.2 Å². The normalized spacial score (nSPS) is 15.1. The maximum absolute atomic E-state index is 13.3. The Kier molecular flexibility index (Phi) is 9.81. The first-order chi connectivity index (χ1) is 13.3.